The number of H-pyrrole nitrogens is 1. The number of carbonyl (C=O) groups is 1. The molecular formula is C10H15Cl2N3O. The minimum Gasteiger partial charge on any atom is -0.356 e. The van der Waals surface area contributed by atoms with Crippen LogP contribution in [0.1, 0.15) is 29.8 Å². The molecule has 1 saturated carbocycles. The normalized spacial score (nSPS) is 17.1. The first kappa shape index (κ1) is 13.4. The van der Waals surface area contributed by atoms with Crippen LogP contribution in [-0.4, -0.2) is 23.0 Å². The molecule has 0 aromatic carbocycles. The molecule has 0 radical (unpaired) electrons. The van der Waals surface area contributed by atoms with Crippen LogP contribution in [0.3, 0.4) is 0 Å². The van der Waals surface area contributed by atoms with E-state index in [0.29, 0.717) is 17.3 Å². The van der Waals surface area contributed by atoms with Gasteiger partial charge in [-0.1, -0.05) is 11.6 Å². The van der Waals surface area contributed by atoms with Crippen molar-refractivity contribution in [2.24, 2.45) is 5.73 Å². The van der Waals surface area contributed by atoms with E-state index in [1.807, 2.05) is 0 Å². The van der Waals surface area contributed by atoms with E-state index in [0.717, 1.165) is 19.3 Å². The van der Waals surface area contributed by atoms with Crippen LogP contribution in [0.15, 0.2) is 12.3 Å². The summed E-state index contributed by atoms with van der Waals surface area (Å²) < 4.78 is 0. The Morgan fingerprint density at radius 1 is 1.62 bits per heavy atom. The summed E-state index contributed by atoms with van der Waals surface area (Å²) in [6.45, 7) is 0.530. The summed E-state index contributed by atoms with van der Waals surface area (Å²) in [7, 11) is 0. The third-order valence-electron chi connectivity index (χ3n) is 2.84. The Morgan fingerprint density at radius 2 is 2.31 bits per heavy atom. The van der Waals surface area contributed by atoms with Gasteiger partial charge < -0.3 is 16.0 Å². The first-order chi connectivity index (χ1) is 7.09. The average Bonchev–Trinajstić information content (AvgIpc) is 2.58. The standard InChI is InChI=1S/C10H14ClN3O.ClH/c11-7-4-8(13-5-7)9(15)14-6-10(12)2-1-3-10;/h4-5,13H,1-3,6,12H2,(H,14,15);1H. The Kier molecular flexibility index (Phi) is 4.24. The maximum atomic E-state index is 11.6. The molecule has 6 heteroatoms. The van der Waals surface area contributed by atoms with Gasteiger partial charge in [0.25, 0.3) is 5.91 Å². The van der Waals surface area contributed by atoms with E-state index in [9.17, 15) is 4.79 Å². The summed E-state index contributed by atoms with van der Waals surface area (Å²) in [6, 6.07) is 1.60. The molecule has 16 heavy (non-hydrogen) atoms. The fourth-order valence-corrected chi connectivity index (χ4v) is 1.82. The molecular weight excluding hydrogens is 249 g/mol. The summed E-state index contributed by atoms with van der Waals surface area (Å²) in [6.07, 6.45) is 4.70. The van der Waals surface area contributed by atoms with E-state index < -0.39 is 0 Å². The van der Waals surface area contributed by atoms with E-state index in [2.05, 4.69) is 10.3 Å². The van der Waals surface area contributed by atoms with Gasteiger partial charge in [0, 0.05) is 18.3 Å². The molecule has 90 valence electrons. The number of nitrogens with one attached hydrogen (secondary N) is 2. The predicted octanol–water partition coefficient (Wildman–Crippen LogP) is 1.70. The Morgan fingerprint density at radius 3 is 2.75 bits per heavy atom. The minimum absolute atomic E-state index is 0. The summed E-state index contributed by atoms with van der Waals surface area (Å²) in [4.78, 5) is 14.4. The monoisotopic (exact) mass is 263 g/mol. The molecule has 0 unspecified atom stereocenters. The lowest BCUT2D eigenvalue weighted by molar-refractivity contribution is 0.0925. The highest BCUT2D eigenvalue weighted by Gasteiger charge is 2.32. The van der Waals surface area contributed by atoms with Gasteiger partial charge in [0.15, 0.2) is 0 Å². The summed E-state index contributed by atoms with van der Waals surface area (Å²) in [5.74, 6) is -0.154. The van der Waals surface area contributed by atoms with Crippen molar-refractivity contribution in [1.29, 1.82) is 0 Å². The molecule has 1 amide bonds. The number of amides is 1. The van der Waals surface area contributed by atoms with Gasteiger partial charge in [-0.2, -0.15) is 0 Å². The van der Waals surface area contributed by atoms with Gasteiger partial charge in [-0.3, -0.25) is 4.79 Å². The number of hydrogen-bond donors (Lipinski definition) is 3. The molecule has 1 aromatic heterocycles. The number of aromatic nitrogens is 1. The minimum atomic E-state index is -0.188. The number of rotatable bonds is 3. The average molecular weight is 264 g/mol. The van der Waals surface area contributed by atoms with Crippen LogP contribution in [0, 0.1) is 0 Å². The van der Waals surface area contributed by atoms with Gasteiger partial charge in [-0.25, -0.2) is 0 Å². The number of hydrogen-bond acceptors (Lipinski definition) is 2. The maximum Gasteiger partial charge on any atom is 0.267 e. The van der Waals surface area contributed by atoms with Gasteiger partial charge in [0.1, 0.15) is 5.69 Å². The zero-order chi connectivity index (χ0) is 10.9. The number of carbonyl (C=O) groups excluding carboxylic acids is 1. The second kappa shape index (κ2) is 5.08. The molecule has 0 saturated heterocycles. The fourth-order valence-electron chi connectivity index (χ4n) is 1.66. The zero-order valence-corrected chi connectivity index (χ0v) is 10.3. The van der Waals surface area contributed by atoms with Crippen molar-refractivity contribution in [3.8, 4) is 0 Å². The molecule has 1 heterocycles. The quantitative estimate of drug-likeness (QED) is 0.777. The highest BCUT2D eigenvalue weighted by atomic mass is 35.5. The van der Waals surface area contributed by atoms with Crippen LogP contribution in [0.5, 0.6) is 0 Å². The Labute approximate surface area is 105 Å². The van der Waals surface area contributed by atoms with Crippen molar-refractivity contribution in [3.05, 3.63) is 23.0 Å². The molecule has 1 aromatic rings. The third kappa shape index (κ3) is 2.90. The van der Waals surface area contributed by atoms with Crippen molar-refractivity contribution < 1.29 is 4.79 Å². The first-order valence-corrected chi connectivity index (χ1v) is 5.38. The summed E-state index contributed by atoms with van der Waals surface area (Å²) >= 11 is 5.70. The molecule has 0 spiro atoms. The van der Waals surface area contributed by atoms with Gasteiger partial charge in [0.05, 0.1) is 5.02 Å². The van der Waals surface area contributed by atoms with Crippen LogP contribution < -0.4 is 11.1 Å². The van der Waals surface area contributed by atoms with Gasteiger partial charge >= 0.3 is 0 Å². The van der Waals surface area contributed by atoms with Crippen LogP contribution in [-0.2, 0) is 0 Å². The third-order valence-corrected chi connectivity index (χ3v) is 3.06. The fraction of sp³-hybridized carbons (Fsp3) is 0.500. The largest absolute Gasteiger partial charge is 0.356 e. The molecule has 0 bridgehead atoms. The SMILES string of the molecule is Cl.NC1(CNC(=O)c2cc(Cl)c[nH]2)CCC1. The summed E-state index contributed by atoms with van der Waals surface area (Å²) in [5.41, 5.74) is 6.27. The van der Waals surface area contributed by atoms with Crippen LogP contribution in [0.4, 0.5) is 0 Å². The van der Waals surface area contributed by atoms with Crippen LogP contribution in [0.2, 0.25) is 5.02 Å². The highest BCUT2D eigenvalue weighted by Crippen LogP contribution is 2.28. The molecule has 4 nitrogen and oxygen atoms in total. The first-order valence-electron chi connectivity index (χ1n) is 5.00. The van der Waals surface area contributed by atoms with Crippen molar-refractivity contribution >= 4 is 29.9 Å². The Hall–Kier alpha value is -0.710. The van der Waals surface area contributed by atoms with Gasteiger partial charge in [0.2, 0.25) is 0 Å². The van der Waals surface area contributed by atoms with Gasteiger partial charge in [-0.15, -0.1) is 12.4 Å². The number of nitrogens with two attached hydrogens (primary N) is 1. The van der Waals surface area contributed by atoms with Crippen molar-refractivity contribution in [2.75, 3.05) is 6.54 Å². The van der Waals surface area contributed by atoms with E-state index in [1.165, 1.54) is 0 Å². The molecule has 4 N–H and O–H groups in total. The van der Waals surface area contributed by atoms with E-state index in [4.69, 9.17) is 17.3 Å². The lowest BCUT2D eigenvalue weighted by Gasteiger charge is -2.38. The van der Waals surface area contributed by atoms with Gasteiger partial charge in [-0.05, 0) is 25.3 Å². The molecule has 1 aliphatic carbocycles. The van der Waals surface area contributed by atoms with Crippen molar-refractivity contribution in [3.63, 3.8) is 0 Å². The Balaban J connectivity index is 0.00000128. The van der Waals surface area contributed by atoms with Crippen LogP contribution in [0.25, 0.3) is 0 Å². The molecule has 1 aliphatic rings. The highest BCUT2D eigenvalue weighted by molar-refractivity contribution is 6.30. The maximum absolute atomic E-state index is 11.6. The second-order valence-corrected chi connectivity index (χ2v) is 4.57. The van der Waals surface area contributed by atoms with Crippen molar-refractivity contribution in [1.82, 2.24) is 10.3 Å². The van der Waals surface area contributed by atoms with E-state index in [1.54, 1.807) is 12.3 Å². The zero-order valence-electron chi connectivity index (χ0n) is 8.75. The van der Waals surface area contributed by atoms with E-state index in [-0.39, 0.29) is 23.9 Å². The number of halogens is 2. The lowest BCUT2D eigenvalue weighted by Crippen LogP contribution is -2.54. The smallest absolute Gasteiger partial charge is 0.267 e. The lowest BCUT2D eigenvalue weighted by atomic mass is 9.78. The Bertz CT molecular complexity index is 374. The predicted molar refractivity (Wildman–Crippen MR) is 66.2 cm³/mol. The van der Waals surface area contributed by atoms with Crippen LogP contribution >= 0.6 is 24.0 Å². The van der Waals surface area contributed by atoms with E-state index >= 15 is 0 Å². The molecule has 0 aliphatic heterocycles. The molecule has 1 fully saturated rings. The summed E-state index contributed by atoms with van der Waals surface area (Å²) in [5, 5.41) is 3.33. The molecule has 2 rings (SSSR count). The number of aromatic amines is 1. The topological polar surface area (TPSA) is 70.9 Å². The van der Waals surface area contributed by atoms with Crippen molar-refractivity contribution in [2.45, 2.75) is 24.8 Å². The second-order valence-electron chi connectivity index (χ2n) is 4.13. The molecule has 0 atom stereocenters.